The van der Waals surface area contributed by atoms with E-state index in [4.69, 9.17) is 10.5 Å². The van der Waals surface area contributed by atoms with Gasteiger partial charge in [-0.05, 0) is 56.0 Å². The van der Waals surface area contributed by atoms with E-state index in [1.807, 2.05) is 12.1 Å². The first-order valence-electron chi connectivity index (χ1n) is 5.92. The molecule has 0 amide bonds. The molecule has 2 rings (SSSR count). The smallest absolute Gasteiger partial charge is 0.141 e. The number of hydrogen-bond acceptors (Lipinski definition) is 3. The Morgan fingerprint density at radius 2 is 2.12 bits per heavy atom. The first-order chi connectivity index (χ1) is 7.79. The minimum atomic E-state index is 0.744. The maximum absolute atomic E-state index is 5.90. The van der Waals surface area contributed by atoms with E-state index in [1.54, 1.807) is 7.11 Å². The van der Waals surface area contributed by atoms with E-state index in [9.17, 15) is 0 Å². The second-order valence-corrected chi connectivity index (χ2v) is 4.47. The average Bonchev–Trinajstić information content (AvgIpc) is 2.31. The van der Waals surface area contributed by atoms with Crippen molar-refractivity contribution in [2.45, 2.75) is 19.3 Å². The van der Waals surface area contributed by atoms with Crippen molar-refractivity contribution in [1.29, 1.82) is 0 Å². The van der Waals surface area contributed by atoms with Gasteiger partial charge < -0.3 is 15.8 Å². The van der Waals surface area contributed by atoms with Gasteiger partial charge in [0.25, 0.3) is 0 Å². The Morgan fingerprint density at radius 3 is 2.75 bits per heavy atom. The van der Waals surface area contributed by atoms with E-state index in [0.717, 1.165) is 36.9 Å². The summed E-state index contributed by atoms with van der Waals surface area (Å²) in [5.41, 5.74) is 7.97. The van der Waals surface area contributed by atoms with Crippen LogP contribution in [0.15, 0.2) is 18.2 Å². The molecule has 1 saturated heterocycles. The lowest BCUT2D eigenvalue weighted by atomic mass is 9.91. The highest BCUT2D eigenvalue weighted by molar-refractivity contribution is 5.54. The number of nitrogens with two attached hydrogens (primary N) is 1. The highest BCUT2D eigenvalue weighted by atomic mass is 16.5. The lowest BCUT2D eigenvalue weighted by Gasteiger charge is -2.22. The number of anilines is 1. The number of nitrogen functional groups attached to an aromatic ring is 1. The van der Waals surface area contributed by atoms with Crippen LogP contribution < -0.4 is 15.8 Å². The molecule has 0 unspecified atom stereocenters. The fourth-order valence-corrected chi connectivity index (χ4v) is 2.33. The summed E-state index contributed by atoms with van der Waals surface area (Å²) in [5, 5.41) is 3.39. The SMILES string of the molecule is COc1ccc(CC2CCNCC2)cc1N. The van der Waals surface area contributed by atoms with Crippen molar-refractivity contribution in [2.24, 2.45) is 5.92 Å². The van der Waals surface area contributed by atoms with Crippen LogP contribution in [0.25, 0.3) is 0 Å². The number of nitrogens with one attached hydrogen (secondary N) is 1. The zero-order valence-electron chi connectivity index (χ0n) is 9.83. The van der Waals surface area contributed by atoms with E-state index in [0.29, 0.717) is 0 Å². The van der Waals surface area contributed by atoms with E-state index < -0.39 is 0 Å². The predicted octanol–water partition coefficient (Wildman–Crippen LogP) is 1.82. The molecule has 0 atom stereocenters. The van der Waals surface area contributed by atoms with Crippen molar-refractivity contribution in [3.05, 3.63) is 23.8 Å². The fourth-order valence-electron chi connectivity index (χ4n) is 2.33. The van der Waals surface area contributed by atoms with E-state index >= 15 is 0 Å². The van der Waals surface area contributed by atoms with Gasteiger partial charge in [0.1, 0.15) is 5.75 Å². The summed E-state index contributed by atoms with van der Waals surface area (Å²) in [5.74, 6) is 1.57. The lowest BCUT2D eigenvalue weighted by Crippen LogP contribution is -2.28. The molecule has 88 valence electrons. The number of ether oxygens (including phenoxy) is 1. The Kier molecular flexibility index (Phi) is 3.67. The topological polar surface area (TPSA) is 47.3 Å². The minimum Gasteiger partial charge on any atom is -0.495 e. The van der Waals surface area contributed by atoms with Crippen molar-refractivity contribution >= 4 is 5.69 Å². The van der Waals surface area contributed by atoms with Crippen LogP contribution >= 0.6 is 0 Å². The molecule has 1 aromatic carbocycles. The minimum absolute atomic E-state index is 0.744. The standard InChI is InChI=1S/C13H20N2O/c1-16-13-3-2-11(9-12(13)14)8-10-4-6-15-7-5-10/h2-3,9-10,15H,4-8,14H2,1H3. The second-order valence-electron chi connectivity index (χ2n) is 4.47. The van der Waals surface area contributed by atoms with Gasteiger partial charge in [0.15, 0.2) is 0 Å². The number of hydrogen-bond donors (Lipinski definition) is 2. The van der Waals surface area contributed by atoms with Crippen LogP contribution in [0.2, 0.25) is 0 Å². The maximum atomic E-state index is 5.90. The van der Waals surface area contributed by atoms with Crippen LogP contribution in [0.3, 0.4) is 0 Å². The van der Waals surface area contributed by atoms with Gasteiger partial charge in [0, 0.05) is 0 Å². The summed E-state index contributed by atoms with van der Waals surface area (Å²) in [7, 11) is 1.65. The third-order valence-corrected chi connectivity index (χ3v) is 3.28. The maximum Gasteiger partial charge on any atom is 0.141 e. The normalized spacial score (nSPS) is 17.3. The third-order valence-electron chi connectivity index (χ3n) is 3.28. The summed E-state index contributed by atoms with van der Waals surface area (Å²) >= 11 is 0. The first-order valence-corrected chi connectivity index (χ1v) is 5.92. The molecule has 3 heteroatoms. The summed E-state index contributed by atoms with van der Waals surface area (Å²) in [4.78, 5) is 0. The monoisotopic (exact) mass is 220 g/mol. The zero-order valence-corrected chi connectivity index (χ0v) is 9.83. The third kappa shape index (κ3) is 2.67. The zero-order chi connectivity index (χ0) is 11.4. The van der Waals surface area contributed by atoms with E-state index in [-0.39, 0.29) is 0 Å². The number of piperidine rings is 1. The van der Waals surface area contributed by atoms with E-state index in [1.165, 1.54) is 18.4 Å². The Balaban J connectivity index is 2.01. The van der Waals surface area contributed by atoms with Crippen LogP contribution in [-0.4, -0.2) is 20.2 Å². The molecule has 16 heavy (non-hydrogen) atoms. The number of methoxy groups -OCH3 is 1. The molecule has 1 aromatic rings. The van der Waals surface area contributed by atoms with Gasteiger partial charge in [0.05, 0.1) is 12.8 Å². The molecule has 0 saturated carbocycles. The molecular formula is C13H20N2O. The van der Waals surface area contributed by atoms with Crippen molar-refractivity contribution in [3.8, 4) is 5.75 Å². The molecule has 1 aliphatic heterocycles. The van der Waals surface area contributed by atoms with Gasteiger partial charge >= 0.3 is 0 Å². The molecule has 0 spiro atoms. The van der Waals surface area contributed by atoms with Gasteiger partial charge in [-0.3, -0.25) is 0 Å². The van der Waals surface area contributed by atoms with Gasteiger partial charge in [-0.25, -0.2) is 0 Å². The largest absolute Gasteiger partial charge is 0.495 e. The molecule has 1 heterocycles. The molecular weight excluding hydrogens is 200 g/mol. The quantitative estimate of drug-likeness (QED) is 0.764. The van der Waals surface area contributed by atoms with Gasteiger partial charge in [0.2, 0.25) is 0 Å². The van der Waals surface area contributed by atoms with Gasteiger partial charge in [-0.1, -0.05) is 6.07 Å². The van der Waals surface area contributed by atoms with Crippen LogP contribution in [0.1, 0.15) is 18.4 Å². The van der Waals surface area contributed by atoms with Crippen LogP contribution in [0, 0.1) is 5.92 Å². The average molecular weight is 220 g/mol. The van der Waals surface area contributed by atoms with Crippen molar-refractivity contribution < 1.29 is 4.74 Å². The summed E-state index contributed by atoms with van der Waals surface area (Å²) in [6.45, 7) is 2.30. The molecule has 3 N–H and O–H groups in total. The molecule has 0 aromatic heterocycles. The second kappa shape index (κ2) is 5.21. The van der Waals surface area contributed by atoms with Crippen LogP contribution in [0.5, 0.6) is 5.75 Å². The highest BCUT2D eigenvalue weighted by Gasteiger charge is 2.13. The fraction of sp³-hybridized carbons (Fsp3) is 0.538. The molecule has 0 bridgehead atoms. The predicted molar refractivity (Wildman–Crippen MR) is 66.7 cm³/mol. The number of rotatable bonds is 3. The first kappa shape index (κ1) is 11.3. The molecule has 1 aliphatic rings. The summed E-state index contributed by atoms with van der Waals surface area (Å²) in [6.07, 6.45) is 3.67. The molecule has 1 fully saturated rings. The molecule has 0 aliphatic carbocycles. The highest BCUT2D eigenvalue weighted by Crippen LogP contribution is 2.25. The Labute approximate surface area is 97.0 Å². The van der Waals surface area contributed by atoms with Crippen molar-refractivity contribution in [3.63, 3.8) is 0 Å². The molecule has 0 radical (unpaired) electrons. The Hall–Kier alpha value is -1.22. The van der Waals surface area contributed by atoms with Crippen molar-refractivity contribution in [2.75, 3.05) is 25.9 Å². The Morgan fingerprint density at radius 1 is 1.38 bits per heavy atom. The van der Waals surface area contributed by atoms with E-state index in [2.05, 4.69) is 11.4 Å². The van der Waals surface area contributed by atoms with Gasteiger partial charge in [-0.15, -0.1) is 0 Å². The summed E-state index contributed by atoms with van der Waals surface area (Å²) < 4.78 is 5.15. The Bertz CT molecular complexity index is 346. The van der Waals surface area contributed by atoms with Gasteiger partial charge in [-0.2, -0.15) is 0 Å². The molecule has 3 nitrogen and oxygen atoms in total. The number of benzene rings is 1. The van der Waals surface area contributed by atoms with Crippen LogP contribution in [-0.2, 0) is 6.42 Å². The van der Waals surface area contributed by atoms with Crippen molar-refractivity contribution in [1.82, 2.24) is 5.32 Å². The summed E-state index contributed by atoms with van der Waals surface area (Å²) in [6, 6.07) is 6.13. The lowest BCUT2D eigenvalue weighted by molar-refractivity contribution is 0.372. The van der Waals surface area contributed by atoms with Crippen LogP contribution in [0.4, 0.5) is 5.69 Å².